The van der Waals surface area contributed by atoms with Crippen LogP contribution >= 0.6 is 0 Å². The monoisotopic (exact) mass is 488 g/mol. The number of esters is 1. The number of hydrogen-bond donors (Lipinski definition) is 2. The molecule has 7 nitrogen and oxygen atoms in total. The highest BCUT2D eigenvalue weighted by Gasteiger charge is 2.46. The summed E-state index contributed by atoms with van der Waals surface area (Å²) in [6.07, 6.45) is 0.433. The van der Waals surface area contributed by atoms with Gasteiger partial charge in [-0.25, -0.2) is 9.59 Å². The fourth-order valence-electron chi connectivity index (χ4n) is 4.26. The zero-order valence-electron chi connectivity index (χ0n) is 20.9. The molecule has 3 N–H and O–H groups in total. The molecule has 0 aromatic heterocycles. The topological polar surface area (TPSA) is 99.9 Å². The maximum absolute atomic E-state index is 13.6. The number of anilines is 1. The molecule has 1 amide bonds. The molecule has 0 heterocycles. The molecule has 1 atom stereocenters. The third-order valence-electron chi connectivity index (χ3n) is 6.01. The van der Waals surface area contributed by atoms with Gasteiger partial charge in [0.25, 0.3) is 0 Å². The van der Waals surface area contributed by atoms with Crippen LogP contribution in [0.3, 0.4) is 0 Å². The van der Waals surface area contributed by atoms with Crippen molar-refractivity contribution in [3.63, 3.8) is 0 Å². The predicted octanol–water partition coefficient (Wildman–Crippen LogP) is 5.56. The summed E-state index contributed by atoms with van der Waals surface area (Å²) in [6.45, 7) is 5.43. The SMILES string of the molecule is CC(C)(C)OC(=O)N[C@]1(C(=O)OCc2ccccc2)CCc2cccc(Oc3ccccc3N)c2C1. The minimum Gasteiger partial charge on any atom is -0.459 e. The standard InChI is InChI=1S/C29H32N2O5/c1-28(2,3)36-27(33)31-29(26(32)34-19-20-10-5-4-6-11-20)17-16-21-12-9-15-24(22(21)18-29)35-25-14-8-7-13-23(25)30/h4-15H,16-19,30H2,1-3H3,(H,31,33)/t29-/m1/s1. The quantitative estimate of drug-likeness (QED) is 0.348. The molecule has 0 saturated carbocycles. The minimum absolute atomic E-state index is 0.100. The van der Waals surface area contributed by atoms with Crippen molar-refractivity contribution in [2.75, 3.05) is 5.73 Å². The molecular formula is C29H32N2O5. The van der Waals surface area contributed by atoms with Gasteiger partial charge in [-0.15, -0.1) is 0 Å². The van der Waals surface area contributed by atoms with E-state index in [1.54, 1.807) is 32.9 Å². The number of carbonyl (C=O) groups is 2. The molecule has 0 radical (unpaired) electrons. The van der Waals surface area contributed by atoms with Crippen molar-refractivity contribution in [2.45, 2.75) is 57.8 Å². The summed E-state index contributed by atoms with van der Waals surface area (Å²) in [7, 11) is 0. The highest BCUT2D eigenvalue weighted by Crippen LogP contribution is 2.38. The number of aryl methyl sites for hydroxylation is 1. The highest BCUT2D eigenvalue weighted by atomic mass is 16.6. The molecule has 1 aliphatic carbocycles. The first-order valence-electron chi connectivity index (χ1n) is 12.0. The second-order valence-corrected chi connectivity index (χ2v) is 9.98. The molecule has 4 rings (SSSR count). The first-order valence-corrected chi connectivity index (χ1v) is 12.0. The predicted molar refractivity (Wildman–Crippen MR) is 138 cm³/mol. The van der Waals surface area contributed by atoms with Crippen molar-refractivity contribution in [3.8, 4) is 11.5 Å². The van der Waals surface area contributed by atoms with Gasteiger partial charge in [-0.2, -0.15) is 0 Å². The number of nitrogen functional groups attached to an aromatic ring is 1. The molecule has 0 fully saturated rings. The van der Waals surface area contributed by atoms with Crippen LogP contribution in [0.25, 0.3) is 0 Å². The highest BCUT2D eigenvalue weighted by molar-refractivity contribution is 5.87. The molecule has 0 aliphatic heterocycles. The summed E-state index contributed by atoms with van der Waals surface area (Å²) in [6, 6.07) is 22.4. The van der Waals surface area contributed by atoms with Crippen molar-refractivity contribution in [3.05, 3.63) is 89.5 Å². The van der Waals surface area contributed by atoms with Crippen LogP contribution in [-0.2, 0) is 33.7 Å². The van der Waals surface area contributed by atoms with E-state index >= 15 is 0 Å². The van der Waals surface area contributed by atoms with Gasteiger partial charge >= 0.3 is 12.1 Å². The van der Waals surface area contributed by atoms with Crippen molar-refractivity contribution in [1.82, 2.24) is 5.32 Å². The third-order valence-corrected chi connectivity index (χ3v) is 6.01. The summed E-state index contributed by atoms with van der Waals surface area (Å²) in [5.74, 6) is 0.585. The lowest BCUT2D eigenvalue weighted by Crippen LogP contribution is -2.59. The van der Waals surface area contributed by atoms with Gasteiger partial charge in [0.05, 0.1) is 5.69 Å². The lowest BCUT2D eigenvalue weighted by Gasteiger charge is -2.37. The van der Waals surface area contributed by atoms with Crippen LogP contribution in [0.1, 0.15) is 43.9 Å². The number of alkyl carbamates (subject to hydrolysis) is 1. The van der Waals surface area contributed by atoms with Gasteiger partial charge in [-0.1, -0.05) is 54.6 Å². The number of nitrogens with two attached hydrogens (primary N) is 1. The van der Waals surface area contributed by atoms with Crippen LogP contribution in [0.2, 0.25) is 0 Å². The molecule has 3 aromatic carbocycles. The second-order valence-electron chi connectivity index (χ2n) is 9.98. The lowest BCUT2D eigenvalue weighted by atomic mass is 9.77. The van der Waals surface area contributed by atoms with Gasteiger partial charge in [-0.3, -0.25) is 0 Å². The average molecular weight is 489 g/mol. The number of para-hydroxylation sites is 2. The maximum Gasteiger partial charge on any atom is 0.408 e. The first kappa shape index (κ1) is 25.1. The fourth-order valence-corrected chi connectivity index (χ4v) is 4.26. The summed E-state index contributed by atoms with van der Waals surface area (Å²) < 4.78 is 17.4. The molecule has 0 unspecified atom stereocenters. The summed E-state index contributed by atoms with van der Waals surface area (Å²) in [5.41, 5.74) is 7.29. The zero-order valence-corrected chi connectivity index (χ0v) is 20.9. The third kappa shape index (κ3) is 5.97. The Kier molecular flexibility index (Phi) is 7.20. The second kappa shape index (κ2) is 10.3. The van der Waals surface area contributed by atoms with Gasteiger partial charge in [-0.05, 0) is 62.9 Å². The zero-order chi connectivity index (χ0) is 25.8. The number of benzene rings is 3. The summed E-state index contributed by atoms with van der Waals surface area (Å²) >= 11 is 0. The van der Waals surface area contributed by atoms with E-state index in [4.69, 9.17) is 19.9 Å². The van der Waals surface area contributed by atoms with Gasteiger partial charge in [0.1, 0.15) is 29.2 Å². The fraction of sp³-hybridized carbons (Fsp3) is 0.310. The molecule has 36 heavy (non-hydrogen) atoms. The van der Waals surface area contributed by atoms with Gasteiger partial charge < -0.3 is 25.3 Å². The van der Waals surface area contributed by atoms with Crippen molar-refractivity contribution in [1.29, 1.82) is 0 Å². The van der Waals surface area contributed by atoms with Crippen molar-refractivity contribution < 1.29 is 23.8 Å². The number of carbonyl (C=O) groups excluding carboxylic acids is 2. The number of rotatable bonds is 6. The molecule has 7 heteroatoms. The Hall–Kier alpha value is -4.00. The Morgan fingerprint density at radius 1 is 0.944 bits per heavy atom. The van der Waals surface area contributed by atoms with E-state index in [0.717, 1.165) is 16.7 Å². The Bertz CT molecular complexity index is 1240. The first-order chi connectivity index (χ1) is 17.2. The van der Waals surface area contributed by atoms with Gasteiger partial charge in [0.15, 0.2) is 0 Å². The molecular weight excluding hydrogens is 456 g/mol. The lowest BCUT2D eigenvalue weighted by molar-refractivity contribution is -0.153. The Labute approximate surface area is 211 Å². The van der Waals surface area contributed by atoms with Crippen LogP contribution in [0, 0.1) is 0 Å². The summed E-state index contributed by atoms with van der Waals surface area (Å²) in [4.78, 5) is 26.4. The van der Waals surface area contributed by atoms with Gasteiger partial charge in [0.2, 0.25) is 0 Å². The molecule has 188 valence electrons. The van der Waals surface area contributed by atoms with Crippen LogP contribution < -0.4 is 15.8 Å². The Morgan fingerprint density at radius 3 is 2.36 bits per heavy atom. The Morgan fingerprint density at radius 2 is 1.64 bits per heavy atom. The van der Waals surface area contributed by atoms with Crippen LogP contribution in [0.5, 0.6) is 11.5 Å². The van der Waals surface area contributed by atoms with E-state index in [1.165, 1.54) is 0 Å². The minimum atomic E-state index is -1.31. The molecule has 1 aliphatic rings. The maximum atomic E-state index is 13.6. The number of ether oxygens (including phenoxy) is 3. The van der Waals surface area contributed by atoms with E-state index in [0.29, 0.717) is 30.0 Å². The average Bonchev–Trinajstić information content (AvgIpc) is 2.83. The normalized spacial score (nSPS) is 17.0. The molecule has 0 spiro atoms. The van der Waals surface area contributed by atoms with E-state index in [-0.39, 0.29) is 13.0 Å². The van der Waals surface area contributed by atoms with Crippen molar-refractivity contribution >= 4 is 17.7 Å². The van der Waals surface area contributed by atoms with Crippen LogP contribution in [0.4, 0.5) is 10.5 Å². The van der Waals surface area contributed by atoms with Gasteiger partial charge in [0, 0.05) is 12.0 Å². The van der Waals surface area contributed by atoms with Crippen molar-refractivity contribution in [2.24, 2.45) is 0 Å². The van der Waals surface area contributed by atoms with Crippen LogP contribution in [0.15, 0.2) is 72.8 Å². The smallest absolute Gasteiger partial charge is 0.408 e. The van der Waals surface area contributed by atoms with E-state index in [2.05, 4.69) is 5.32 Å². The summed E-state index contributed by atoms with van der Waals surface area (Å²) in [5, 5.41) is 2.85. The van der Waals surface area contributed by atoms with Crippen LogP contribution in [-0.4, -0.2) is 23.2 Å². The molecule has 0 saturated heterocycles. The largest absolute Gasteiger partial charge is 0.459 e. The van der Waals surface area contributed by atoms with E-state index < -0.39 is 23.2 Å². The number of nitrogens with one attached hydrogen (secondary N) is 1. The number of fused-ring (bicyclic) bond motifs is 1. The molecule has 0 bridgehead atoms. The molecule has 3 aromatic rings. The number of amides is 1. The Balaban J connectivity index is 1.64. The number of hydrogen-bond acceptors (Lipinski definition) is 6. The van der Waals surface area contributed by atoms with E-state index in [1.807, 2.05) is 60.7 Å². The van der Waals surface area contributed by atoms with E-state index in [9.17, 15) is 9.59 Å².